The minimum absolute atomic E-state index is 0.372. The summed E-state index contributed by atoms with van der Waals surface area (Å²) in [4.78, 5) is 23.1. The maximum absolute atomic E-state index is 13.8. The van der Waals surface area contributed by atoms with E-state index in [1.165, 1.54) is 0 Å². The molecule has 30 heavy (non-hydrogen) atoms. The van der Waals surface area contributed by atoms with E-state index < -0.39 is 35.6 Å². The Hall–Kier alpha value is -3.94. The van der Waals surface area contributed by atoms with Crippen molar-refractivity contribution in [2.24, 2.45) is 5.73 Å². The number of hydrogen-bond donors (Lipinski definition) is 2. The number of nitrogens with one attached hydrogen (secondary N) is 1. The van der Waals surface area contributed by atoms with Gasteiger partial charge in [-0.05, 0) is 35.9 Å². The van der Waals surface area contributed by atoms with Gasteiger partial charge in [0, 0.05) is 6.07 Å². The van der Waals surface area contributed by atoms with E-state index in [2.05, 4.69) is 5.32 Å². The maximum atomic E-state index is 13.8. The highest BCUT2D eigenvalue weighted by Gasteiger charge is 2.15. The highest BCUT2D eigenvalue weighted by molar-refractivity contribution is 5.97. The number of benzene rings is 3. The van der Waals surface area contributed by atoms with E-state index in [-0.39, 0.29) is 5.69 Å². The van der Waals surface area contributed by atoms with Crippen LogP contribution in [0.25, 0.3) is 0 Å². The highest BCUT2D eigenvalue weighted by atomic mass is 19.1. The van der Waals surface area contributed by atoms with Gasteiger partial charge in [0.1, 0.15) is 29.7 Å². The third-order valence-corrected chi connectivity index (χ3v) is 4.04. The average Bonchev–Trinajstić information content (AvgIpc) is 2.74. The molecule has 0 radical (unpaired) electrons. The quantitative estimate of drug-likeness (QED) is 0.591. The summed E-state index contributed by atoms with van der Waals surface area (Å²) in [5.41, 5.74) is 5.15. The van der Waals surface area contributed by atoms with Crippen LogP contribution in [-0.2, 0) is 11.4 Å². The zero-order valence-electron chi connectivity index (χ0n) is 15.7. The highest BCUT2D eigenvalue weighted by Crippen LogP contribution is 2.21. The SMILES string of the molecule is NC(=O)c1cc(NC(=O)COc2ccc(OCc3ccccc3)cc2)c(F)cc1F. The van der Waals surface area contributed by atoms with Gasteiger partial charge < -0.3 is 20.5 Å². The van der Waals surface area contributed by atoms with Gasteiger partial charge in [0.15, 0.2) is 6.61 Å². The van der Waals surface area contributed by atoms with Crippen molar-refractivity contribution < 1.29 is 27.8 Å². The minimum atomic E-state index is -1.11. The number of carbonyl (C=O) groups excluding carboxylic acids is 2. The molecule has 3 N–H and O–H groups in total. The second-order valence-corrected chi connectivity index (χ2v) is 6.26. The molecule has 0 unspecified atom stereocenters. The van der Waals surface area contributed by atoms with Crippen molar-refractivity contribution in [1.82, 2.24) is 0 Å². The van der Waals surface area contributed by atoms with E-state index >= 15 is 0 Å². The molecule has 0 saturated heterocycles. The fourth-order valence-electron chi connectivity index (χ4n) is 2.54. The van der Waals surface area contributed by atoms with Crippen LogP contribution in [0.2, 0.25) is 0 Å². The molecule has 0 bridgehead atoms. The Bertz CT molecular complexity index is 1040. The molecule has 6 nitrogen and oxygen atoms in total. The van der Waals surface area contributed by atoms with Crippen molar-refractivity contribution in [2.75, 3.05) is 11.9 Å². The standard InChI is InChI=1S/C22H18F2N2O4/c23-18-11-19(24)20(10-17(18)22(25)28)26-21(27)13-30-16-8-6-15(7-9-16)29-12-14-4-2-1-3-5-14/h1-11H,12-13H2,(H2,25,28)(H,26,27). The molecule has 0 aliphatic heterocycles. The molecule has 154 valence electrons. The van der Waals surface area contributed by atoms with Crippen LogP contribution < -0.4 is 20.5 Å². The van der Waals surface area contributed by atoms with Gasteiger partial charge in [-0.1, -0.05) is 30.3 Å². The van der Waals surface area contributed by atoms with Crippen LogP contribution in [0.1, 0.15) is 15.9 Å². The lowest BCUT2D eigenvalue weighted by Gasteiger charge is -2.10. The lowest BCUT2D eigenvalue weighted by molar-refractivity contribution is -0.118. The molecule has 2 amide bonds. The van der Waals surface area contributed by atoms with Crippen molar-refractivity contribution in [3.63, 3.8) is 0 Å². The number of ether oxygens (including phenoxy) is 2. The summed E-state index contributed by atoms with van der Waals surface area (Å²) in [5.74, 6) is -2.89. The van der Waals surface area contributed by atoms with Crippen molar-refractivity contribution in [1.29, 1.82) is 0 Å². The molecule has 3 rings (SSSR count). The Kier molecular flexibility index (Phi) is 6.59. The fourth-order valence-corrected chi connectivity index (χ4v) is 2.54. The topological polar surface area (TPSA) is 90.7 Å². The Morgan fingerprint density at radius 2 is 1.50 bits per heavy atom. The van der Waals surface area contributed by atoms with Crippen LogP contribution in [-0.4, -0.2) is 18.4 Å². The predicted octanol–water partition coefficient (Wildman–Crippen LogP) is 3.66. The van der Waals surface area contributed by atoms with Crippen LogP contribution >= 0.6 is 0 Å². The molecule has 0 atom stereocenters. The molecular formula is C22H18F2N2O4. The van der Waals surface area contributed by atoms with Crippen molar-refractivity contribution in [2.45, 2.75) is 6.61 Å². The molecule has 0 heterocycles. The zero-order chi connectivity index (χ0) is 21.5. The molecule has 8 heteroatoms. The molecule has 0 aliphatic rings. The predicted molar refractivity (Wildman–Crippen MR) is 106 cm³/mol. The summed E-state index contributed by atoms with van der Waals surface area (Å²) >= 11 is 0. The first-order valence-corrected chi connectivity index (χ1v) is 8.90. The van der Waals surface area contributed by atoms with Gasteiger partial charge in [0.2, 0.25) is 0 Å². The number of halogens is 2. The lowest BCUT2D eigenvalue weighted by atomic mass is 10.1. The number of anilines is 1. The average molecular weight is 412 g/mol. The number of carbonyl (C=O) groups is 2. The van der Waals surface area contributed by atoms with Crippen molar-refractivity contribution in [3.8, 4) is 11.5 Å². The molecule has 0 aliphatic carbocycles. The summed E-state index contributed by atoms with van der Waals surface area (Å²) in [6.07, 6.45) is 0. The third-order valence-electron chi connectivity index (χ3n) is 4.04. The second kappa shape index (κ2) is 9.51. The molecule has 0 saturated carbocycles. The van der Waals surface area contributed by atoms with Gasteiger partial charge in [-0.25, -0.2) is 8.78 Å². The Labute approximate surface area is 171 Å². The lowest BCUT2D eigenvalue weighted by Crippen LogP contribution is -2.22. The normalized spacial score (nSPS) is 10.3. The largest absolute Gasteiger partial charge is 0.489 e. The second-order valence-electron chi connectivity index (χ2n) is 6.26. The van der Waals surface area contributed by atoms with Gasteiger partial charge in [-0.2, -0.15) is 0 Å². The molecule has 3 aromatic carbocycles. The molecule has 0 spiro atoms. The van der Waals surface area contributed by atoms with E-state index in [4.69, 9.17) is 15.2 Å². The number of hydrogen-bond acceptors (Lipinski definition) is 4. The Morgan fingerprint density at radius 1 is 0.867 bits per heavy atom. The molecule has 3 aromatic rings. The summed E-state index contributed by atoms with van der Waals surface area (Å²) in [6.45, 7) is -0.00703. The number of primary amides is 1. The first-order valence-electron chi connectivity index (χ1n) is 8.90. The summed E-state index contributed by atoms with van der Waals surface area (Å²) in [6, 6.07) is 17.6. The number of amides is 2. The first kappa shape index (κ1) is 20.8. The van der Waals surface area contributed by atoms with Gasteiger partial charge in [0.25, 0.3) is 11.8 Å². The summed E-state index contributed by atoms with van der Waals surface area (Å²) in [7, 11) is 0. The third kappa shape index (κ3) is 5.54. The van der Waals surface area contributed by atoms with Gasteiger partial charge in [-0.3, -0.25) is 9.59 Å². The van der Waals surface area contributed by atoms with Crippen LogP contribution in [0.3, 0.4) is 0 Å². The maximum Gasteiger partial charge on any atom is 0.262 e. The minimum Gasteiger partial charge on any atom is -0.489 e. The van der Waals surface area contributed by atoms with Crippen LogP contribution in [0.5, 0.6) is 11.5 Å². The van der Waals surface area contributed by atoms with Crippen LogP contribution in [0.15, 0.2) is 66.7 Å². The number of rotatable bonds is 8. The van der Waals surface area contributed by atoms with Gasteiger partial charge in [-0.15, -0.1) is 0 Å². The fraction of sp³-hybridized carbons (Fsp3) is 0.0909. The van der Waals surface area contributed by atoms with E-state index in [0.29, 0.717) is 24.2 Å². The summed E-state index contributed by atoms with van der Waals surface area (Å²) in [5, 5.41) is 2.21. The van der Waals surface area contributed by atoms with Crippen molar-refractivity contribution >= 4 is 17.5 Å². The van der Waals surface area contributed by atoms with Crippen molar-refractivity contribution in [3.05, 3.63) is 89.5 Å². The van der Waals surface area contributed by atoms with E-state index in [9.17, 15) is 18.4 Å². The smallest absolute Gasteiger partial charge is 0.262 e. The van der Waals surface area contributed by atoms with E-state index in [0.717, 1.165) is 11.6 Å². The molecule has 0 aromatic heterocycles. The van der Waals surface area contributed by atoms with E-state index in [1.54, 1.807) is 24.3 Å². The van der Waals surface area contributed by atoms with Crippen LogP contribution in [0, 0.1) is 11.6 Å². The number of nitrogens with two attached hydrogens (primary N) is 1. The molecular weight excluding hydrogens is 394 g/mol. The van der Waals surface area contributed by atoms with Crippen LogP contribution in [0.4, 0.5) is 14.5 Å². The Morgan fingerprint density at radius 3 is 2.13 bits per heavy atom. The molecule has 0 fully saturated rings. The monoisotopic (exact) mass is 412 g/mol. The Balaban J connectivity index is 1.52. The van der Waals surface area contributed by atoms with E-state index in [1.807, 2.05) is 30.3 Å². The summed E-state index contributed by atoms with van der Waals surface area (Å²) < 4.78 is 38.3. The first-order chi connectivity index (χ1) is 14.4. The zero-order valence-corrected chi connectivity index (χ0v) is 15.7. The van der Waals surface area contributed by atoms with Gasteiger partial charge in [0.05, 0.1) is 11.3 Å². The van der Waals surface area contributed by atoms with Gasteiger partial charge >= 0.3 is 0 Å².